The molecule has 0 unspecified atom stereocenters. The van der Waals surface area contributed by atoms with Crippen LogP contribution in [0.2, 0.25) is 0 Å². The Morgan fingerprint density at radius 1 is 1.57 bits per heavy atom. The molecule has 0 atom stereocenters. The Bertz CT molecular complexity index is 229. The van der Waals surface area contributed by atoms with Crippen LogP contribution in [0.4, 0.5) is 0 Å². The highest BCUT2D eigenvalue weighted by atomic mass is 35.5. The third-order valence-electron chi connectivity index (χ3n) is 0.625. The van der Waals surface area contributed by atoms with Crippen molar-refractivity contribution in [1.82, 2.24) is 0 Å². The summed E-state index contributed by atoms with van der Waals surface area (Å²) >= 11 is 4.76. The average Bonchev–Trinajstić information content (AvgIpc) is 2.18. The fraction of sp³-hybridized carbons (Fsp3) is 0.200. The van der Waals surface area contributed by atoms with E-state index in [9.17, 15) is 4.79 Å². The number of methoxy groups -OCH3 is 1. The van der Waals surface area contributed by atoms with Crippen LogP contribution in [0, 0.1) is 11.3 Å². The van der Waals surface area contributed by atoms with Gasteiger partial charge in [-0.15, -0.1) is 0 Å². The number of allylic oxidation sites excluding steroid dienone is 1. The first-order valence-corrected chi connectivity index (χ1v) is 3.90. The molecule has 0 N–H and O–H groups in total. The standard InChI is InChI=1S/C5H8O2.C3H3N.C2H3Cl/c1-4(2)5(6)7-3;1-2-3-4;1-2-3/h1H2,2-3H3;2H,1H2;2H,1H2. The number of carbonyl (C=O) groups excluding carboxylic acids is 1. The Hall–Kier alpha value is -1.53. The number of nitrogens with zero attached hydrogens (tertiary/aromatic N) is 1. The van der Waals surface area contributed by atoms with Gasteiger partial charge >= 0.3 is 5.97 Å². The van der Waals surface area contributed by atoms with E-state index in [4.69, 9.17) is 16.9 Å². The molecule has 0 spiro atoms. The topological polar surface area (TPSA) is 50.1 Å². The van der Waals surface area contributed by atoms with Gasteiger partial charge in [0.05, 0.1) is 13.2 Å². The van der Waals surface area contributed by atoms with E-state index in [1.807, 2.05) is 0 Å². The van der Waals surface area contributed by atoms with Crippen LogP contribution in [0.15, 0.2) is 36.9 Å². The van der Waals surface area contributed by atoms with E-state index in [1.54, 1.807) is 13.0 Å². The Labute approximate surface area is 89.9 Å². The molecule has 0 heterocycles. The number of hydrogen-bond acceptors (Lipinski definition) is 3. The number of esters is 1. The third-order valence-corrected chi connectivity index (χ3v) is 0.625. The van der Waals surface area contributed by atoms with Crippen molar-refractivity contribution in [2.24, 2.45) is 0 Å². The van der Waals surface area contributed by atoms with Crippen molar-refractivity contribution in [2.45, 2.75) is 6.92 Å². The molecule has 0 aromatic rings. The van der Waals surface area contributed by atoms with Crippen LogP contribution in [-0.4, -0.2) is 13.1 Å². The minimum absolute atomic E-state index is 0.347. The van der Waals surface area contributed by atoms with E-state index in [0.717, 1.165) is 0 Å². The summed E-state index contributed by atoms with van der Waals surface area (Å²) < 4.78 is 4.27. The monoisotopic (exact) mass is 215 g/mol. The molecule has 0 saturated carbocycles. The van der Waals surface area contributed by atoms with Gasteiger partial charge in [0, 0.05) is 11.6 Å². The average molecular weight is 216 g/mol. The second-order valence-electron chi connectivity index (χ2n) is 1.76. The fourth-order valence-corrected chi connectivity index (χ4v) is 0.174. The van der Waals surface area contributed by atoms with Crippen LogP contribution in [-0.2, 0) is 9.53 Å². The number of hydrogen-bond donors (Lipinski definition) is 0. The first-order valence-electron chi connectivity index (χ1n) is 3.47. The van der Waals surface area contributed by atoms with Crippen LogP contribution in [0.3, 0.4) is 0 Å². The number of carbonyl (C=O) groups is 1. The van der Waals surface area contributed by atoms with E-state index in [0.29, 0.717) is 5.57 Å². The number of nitriles is 1. The van der Waals surface area contributed by atoms with Gasteiger partial charge in [0.2, 0.25) is 0 Å². The zero-order chi connectivity index (χ0) is 12.0. The van der Waals surface area contributed by atoms with Gasteiger partial charge in [-0.25, -0.2) is 4.79 Å². The van der Waals surface area contributed by atoms with Crippen LogP contribution in [0.1, 0.15) is 6.92 Å². The molecular formula is C10H14ClNO2. The summed E-state index contributed by atoms with van der Waals surface area (Å²) in [4.78, 5) is 10.2. The minimum atomic E-state index is -0.347. The second-order valence-corrected chi connectivity index (χ2v) is 2.07. The first kappa shape index (κ1) is 18.3. The van der Waals surface area contributed by atoms with Crippen molar-refractivity contribution in [1.29, 1.82) is 5.26 Å². The van der Waals surface area contributed by atoms with Crippen LogP contribution < -0.4 is 0 Å². The van der Waals surface area contributed by atoms with Crippen LogP contribution in [0.25, 0.3) is 0 Å². The van der Waals surface area contributed by atoms with Crippen molar-refractivity contribution in [3.8, 4) is 6.07 Å². The van der Waals surface area contributed by atoms with E-state index < -0.39 is 0 Å². The lowest BCUT2D eigenvalue weighted by molar-refractivity contribution is -0.136. The van der Waals surface area contributed by atoms with Gasteiger partial charge < -0.3 is 4.74 Å². The highest BCUT2D eigenvalue weighted by Crippen LogP contribution is 1.87. The van der Waals surface area contributed by atoms with E-state index in [-0.39, 0.29) is 5.97 Å². The summed E-state index contributed by atoms with van der Waals surface area (Å²) in [7, 11) is 1.33. The first-order chi connectivity index (χ1) is 6.51. The minimum Gasteiger partial charge on any atom is -0.466 e. The predicted octanol–water partition coefficient (Wildman–Crippen LogP) is 2.80. The summed E-state index contributed by atoms with van der Waals surface area (Å²) in [5, 5.41) is 7.51. The highest BCUT2D eigenvalue weighted by molar-refractivity contribution is 6.25. The SMILES string of the molecule is C=C(C)C(=O)OC.C=CC#N.C=CCl. The predicted molar refractivity (Wildman–Crippen MR) is 58.7 cm³/mol. The summed E-state index contributed by atoms with van der Waals surface area (Å²) in [5.74, 6) is -0.347. The Kier molecular flexibility index (Phi) is 22.9. The van der Waals surface area contributed by atoms with E-state index in [1.165, 1.54) is 18.7 Å². The Balaban J connectivity index is -0.000000147. The van der Waals surface area contributed by atoms with Gasteiger partial charge in [0.1, 0.15) is 0 Å². The van der Waals surface area contributed by atoms with Crippen LogP contribution in [0.5, 0.6) is 0 Å². The Morgan fingerprint density at radius 3 is 1.86 bits per heavy atom. The molecule has 0 saturated heterocycles. The number of ether oxygens (including phenoxy) is 1. The van der Waals surface area contributed by atoms with Gasteiger partial charge in [-0.05, 0) is 12.5 Å². The van der Waals surface area contributed by atoms with Crippen LogP contribution >= 0.6 is 11.6 Å². The van der Waals surface area contributed by atoms with Gasteiger partial charge in [0.25, 0.3) is 0 Å². The zero-order valence-electron chi connectivity index (χ0n) is 8.42. The lowest BCUT2D eigenvalue weighted by Gasteiger charge is -1.91. The molecule has 4 heteroatoms. The van der Waals surface area contributed by atoms with Crippen molar-refractivity contribution >= 4 is 17.6 Å². The normalized spacial score (nSPS) is 5.86. The van der Waals surface area contributed by atoms with Crippen molar-refractivity contribution in [2.75, 3.05) is 7.11 Å². The molecule has 14 heavy (non-hydrogen) atoms. The molecule has 3 nitrogen and oxygen atoms in total. The van der Waals surface area contributed by atoms with Crippen molar-refractivity contribution in [3.05, 3.63) is 36.9 Å². The molecule has 0 aliphatic heterocycles. The molecule has 0 amide bonds. The Morgan fingerprint density at radius 2 is 1.86 bits per heavy atom. The zero-order valence-corrected chi connectivity index (χ0v) is 9.17. The molecule has 0 fully saturated rings. The summed E-state index contributed by atoms with van der Waals surface area (Å²) in [5.41, 5.74) is 1.66. The summed E-state index contributed by atoms with van der Waals surface area (Å²) in [6.45, 7) is 11.2. The number of halogens is 1. The van der Waals surface area contributed by atoms with Gasteiger partial charge in [-0.1, -0.05) is 31.3 Å². The third kappa shape index (κ3) is 31.4. The van der Waals surface area contributed by atoms with Gasteiger partial charge in [-0.2, -0.15) is 5.26 Å². The van der Waals surface area contributed by atoms with E-state index >= 15 is 0 Å². The maximum absolute atomic E-state index is 10.2. The highest BCUT2D eigenvalue weighted by Gasteiger charge is 1.95. The summed E-state index contributed by atoms with van der Waals surface area (Å²) in [6.07, 6.45) is 1.18. The smallest absolute Gasteiger partial charge is 0.332 e. The maximum Gasteiger partial charge on any atom is 0.332 e. The van der Waals surface area contributed by atoms with Crippen molar-refractivity contribution in [3.63, 3.8) is 0 Å². The number of rotatable bonds is 1. The van der Waals surface area contributed by atoms with Crippen molar-refractivity contribution < 1.29 is 9.53 Å². The van der Waals surface area contributed by atoms with Gasteiger partial charge in [0.15, 0.2) is 0 Å². The van der Waals surface area contributed by atoms with Gasteiger partial charge in [-0.3, -0.25) is 0 Å². The molecule has 78 valence electrons. The lowest BCUT2D eigenvalue weighted by Crippen LogP contribution is -1.98. The second kappa shape index (κ2) is 17.5. The molecule has 0 aliphatic carbocycles. The molecule has 0 bridgehead atoms. The molecule has 0 radical (unpaired) electrons. The fourth-order valence-electron chi connectivity index (χ4n) is 0.174. The quantitative estimate of drug-likeness (QED) is 0.384. The van der Waals surface area contributed by atoms with E-state index in [2.05, 4.69) is 24.5 Å². The maximum atomic E-state index is 10.2. The lowest BCUT2D eigenvalue weighted by atomic mass is 10.4. The molecule has 0 aromatic carbocycles. The molecular weight excluding hydrogens is 202 g/mol. The largest absolute Gasteiger partial charge is 0.466 e. The molecule has 0 rings (SSSR count). The molecule has 0 aliphatic rings. The molecule has 0 aromatic heterocycles. The summed E-state index contributed by atoms with van der Waals surface area (Å²) in [6, 6.07) is 1.69.